The van der Waals surface area contributed by atoms with Gasteiger partial charge >= 0.3 is 12.0 Å². The van der Waals surface area contributed by atoms with Crippen LogP contribution < -0.4 is 21.3 Å². The van der Waals surface area contributed by atoms with Crippen LogP contribution in [0.1, 0.15) is 65.0 Å². The van der Waals surface area contributed by atoms with Crippen LogP contribution in [-0.4, -0.2) is 119 Å². The number of likely N-dealkylation sites (N-methyl/N-ethyl adjacent to an activating group) is 1. The van der Waals surface area contributed by atoms with Crippen molar-refractivity contribution in [3.8, 4) is 0 Å². The van der Waals surface area contributed by atoms with Crippen LogP contribution in [0.3, 0.4) is 0 Å². The molecule has 7 amide bonds. The fourth-order valence-electron chi connectivity index (χ4n) is 7.51. The van der Waals surface area contributed by atoms with Crippen molar-refractivity contribution in [1.29, 1.82) is 0 Å². The summed E-state index contributed by atoms with van der Waals surface area (Å²) in [6, 6.07) is 1.43. The number of amides is 7. The van der Waals surface area contributed by atoms with Crippen molar-refractivity contribution in [2.45, 2.75) is 109 Å². The Balaban J connectivity index is 1.49. The van der Waals surface area contributed by atoms with E-state index in [1.165, 1.54) is 42.5 Å². The molecule has 3 aliphatic rings. The van der Waals surface area contributed by atoms with Gasteiger partial charge in [0.2, 0.25) is 29.5 Å². The SMILES string of the molecule is CCc1ccc(NC(=O)NC(Cc2cc(F)cc(F)c2)C(=O)NC2C(=O)N3CCCC3C(=O)N(C)C(C)C(=O)NC(C)C(=O)N3CC(C)CC3C(=O)OC2C)cc1. The van der Waals surface area contributed by atoms with Crippen LogP contribution in [0.15, 0.2) is 42.5 Å². The number of esters is 1. The molecule has 3 saturated heterocycles. The number of hydrogen-bond acceptors (Lipinski definition) is 8. The van der Waals surface area contributed by atoms with Crippen LogP contribution in [0.2, 0.25) is 0 Å². The second-order valence-electron chi connectivity index (χ2n) is 15.2. The summed E-state index contributed by atoms with van der Waals surface area (Å²) >= 11 is 0. The van der Waals surface area contributed by atoms with Gasteiger partial charge in [-0.3, -0.25) is 24.0 Å². The Kier molecular flexibility index (Phi) is 13.5. The number of urea groups is 1. The molecular weight excluding hydrogens is 744 g/mol. The third kappa shape index (κ3) is 10.0. The summed E-state index contributed by atoms with van der Waals surface area (Å²) in [6.45, 7) is 8.47. The van der Waals surface area contributed by atoms with Gasteiger partial charge in [0.15, 0.2) is 0 Å². The zero-order valence-electron chi connectivity index (χ0n) is 33.0. The maximum Gasteiger partial charge on any atom is 0.329 e. The summed E-state index contributed by atoms with van der Waals surface area (Å²) in [7, 11) is 1.42. The third-order valence-corrected chi connectivity index (χ3v) is 10.9. The minimum atomic E-state index is -1.63. The van der Waals surface area contributed by atoms with Crippen molar-refractivity contribution in [3.63, 3.8) is 0 Å². The van der Waals surface area contributed by atoms with Gasteiger partial charge in [-0.15, -0.1) is 0 Å². The first-order valence-electron chi connectivity index (χ1n) is 19.3. The molecule has 8 unspecified atom stereocenters. The summed E-state index contributed by atoms with van der Waals surface area (Å²) in [5, 5.41) is 10.4. The number of halogens is 2. The Morgan fingerprint density at radius 1 is 0.895 bits per heavy atom. The van der Waals surface area contributed by atoms with E-state index in [1.54, 1.807) is 12.1 Å². The smallest absolute Gasteiger partial charge is 0.329 e. The number of carbonyl (C=O) groups excluding carboxylic acids is 7. The van der Waals surface area contributed by atoms with Gasteiger partial charge in [-0.2, -0.15) is 0 Å². The molecule has 0 spiro atoms. The fourth-order valence-corrected chi connectivity index (χ4v) is 7.51. The highest BCUT2D eigenvalue weighted by Gasteiger charge is 2.46. The maximum atomic E-state index is 14.5. The summed E-state index contributed by atoms with van der Waals surface area (Å²) in [6.07, 6.45) is -0.156. The molecule has 2 aromatic rings. The number of aryl methyl sites for hydroxylation is 1. The van der Waals surface area contributed by atoms with E-state index in [0.717, 1.165) is 24.1 Å². The van der Waals surface area contributed by atoms with Gasteiger partial charge in [0.05, 0.1) is 0 Å². The molecule has 0 bridgehead atoms. The Labute approximate surface area is 330 Å². The van der Waals surface area contributed by atoms with Gasteiger partial charge in [0.25, 0.3) is 0 Å². The number of rotatable bonds is 7. The molecule has 3 fully saturated rings. The Morgan fingerprint density at radius 2 is 1.56 bits per heavy atom. The molecule has 5 rings (SSSR count). The number of benzene rings is 2. The first kappa shape index (κ1) is 42.5. The highest BCUT2D eigenvalue weighted by atomic mass is 19.1. The van der Waals surface area contributed by atoms with E-state index in [-0.39, 0.29) is 37.4 Å². The normalized spacial score (nSPS) is 26.6. The van der Waals surface area contributed by atoms with E-state index < -0.39 is 102 Å². The van der Waals surface area contributed by atoms with Crippen LogP contribution in [0.5, 0.6) is 0 Å². The monoisotopic (exact) mass is 795 g/mol. The van der Waals surface area contributed by atoms with Crippen LogP contribution in [-0.2, 0) is 46.3 Å². The average Bonchev–Trinajstić information content (AvgIpc) is 3.82. The van der Waals surface area contributed by atoms with Gasteiger partial charge in [-0.1, -0.05) is 26.0 Å². The lowest BCUT2D eigenvalue weighted by molar-refractivity contribution is -0.162. The second-order valence-corrected chi connectivity index (χ2v) is 15.2. The van der Waals surface area contributed by atoms with Crippen molar-refractivity contribution in [2.75, 3.05) is 25.5 Å². The molecule has 0 radical (unpaired) electrons. The molecule has 17 heteroatoms. The fraction of sp³-hybridized carbons (Fsp3) is 0.525. The average molecular weight is 796 g/mol. The summed E-state index contributed by atoms with van der Waals surface area (Å²) in [5.41, 5.74) is 1.44. The lowest BCUT2D eigenvalue weighted by Gasteiger charge is -2.36. The Morgan fingerprint density at radius 3 is 2.21 bits per heavy atom. The van der Waals surface area contributed by atoms with Gasteiger partial charge in [-0.25, -0.2) is 18.4 Å². The second kappa shape index (κ2) is 18.1. The number of carbonyl (C=O) groups is 7. The largest absolute Gasteiger partial charge is 0.458 e. The van der Waals surface area contributed by atoms with Crippen LogP contribution >= 0.6 is 0 Å². The molecule has 15 nitrogen and oxygen atoms in total. The number of fused-ring (bicyclic) bond motifs is 2. The van der Waals surface area contributed by atoms with E-state index in [0.29, 0.717) is 18.2 Å². The van der Waals surface area contributed by atoms with Gasteiger partial charge < -0.3 is 40.7 Å². The number of anilines is 1. The number of cyclic esters (lactones) is 1. The molecule has 57 heavy (non-hydrogen) atoms. The number of nitrogens with zero attached hydrogens (tertiary/aromatic N) is 3. The van der Waals surface area contributed by atoms with Crippen LogP contribution in [0, 0.1) is 17.6 Å². The lowest BCUT2D eigenvalue weighted by Crippen LogP contribution is -2.62. The highest BCUT2D eigenvalue weighted by Crippen LogP contribution is 2.27. The zero-order valence-corrected chi connectivity index (χ0v) is 33.0. The van der Waals surface area contributed by atoms with Gasteiger partial charge in [-0.05, 0) is 87.8 Å². The number of hydrogen-bond donors (Lipinski definition) is 4. The summed E-state index contributed by atoms with van der Waals surface area (Å²) in [5.74, 6) is -6.25. The minimum absolute atomic E-state index is 0.0183. The zero-order chi connectivity index (χ0) is 41.7. The van der Waals surface area contributed by atoms with E-state index in [1.807, 2.05) is 26.0 Å². The first-order chi connectivity index (χ1) is 27.0. The number of nitrogens with one attached hydrogen (secondary N) is 4. The molecule has 0 aliphatic carbocycles. The van der Waals surface area contributed by atoms with E-state index in [2.05, 4.69) is 21.3 Å². The predicted molar refractivity (Wildman–Crippen MR) is 203 cm³/mol. The standard InChI is InChI=1S/C40H51F2N7O8/c1-7-25-10-12-29(13-11-25)44-40(56)45-30(18-26-16-27(41)19-28(42)17-26)35(51)46-33-24(5)57-39(55)32-15-21(2)20-49(32)36(52)22(3)43-34(50)23(4)47(6)37(53)31-9-8-14-48(31)38(33)54/h10-13,16-17,19,21-24,30-33H,7-9,14-15,18,20H2,1-6H3,(H,43,50)(H,46,51)(H2,44,45,56). The number of ether oxygens (including phenoxy) is 1. The topological polar surface area (TPSA) is 187 Å². The minimum Gasteiger partial charge on any atom is -0.458 e. The Bertz CT molecular complexity index is 1860. The van der Waals surface area contributed by atoms with Crippen LogP contribution in [0.25, 0.3) is 0 Å². The Hall–Kier alpha value is -5.61. The van der Waals surface area contributed by atoms with Crippen molar-refractivity contribution < 1.29 is 47.1 Å². The van der Waals surface area contributed by atoms with Crippen molar-refractivity contribution in [1.82, 2.24) is 30.7 Å². The van der Waals surface area contributed by atoms with E-state index in [9.17, 15) is 42.3 Å². The van der Waals surface area contributed by atoms with E-state index in [4.69, 9.17) is 4.74 Å². The molecule has 3 heterocycles. The quantitative estimate of drug-likeness (QED) is 0.308. The molecule has 8 atom stereocenters. The maximum absolute atomic E-state index is 14.5. The molecule has 0 saturated carbocycles. The van der Waals surface area contributed by atoms with Crippen molar-refractivity contribution >= 4 is 47.2 Å². The lowest BCUT2D eigenvalue weighted by atomic mass is 10.0. The van der Waals surface area contributed by atoms with Gasteiger partial charge in [0.1, 0.15) is 54.0 Å². The van der Waals surface area contributed by atoms with Crippen LogP contribution in [0.4, 0.5) is 19.3 Å². The highest BCUT2D eigenvalue weighted by molar-refractivity contribution is 5.98. The summed E-state index contributed by atoms with van der Waals surface area (Å²) < 4.78 is 34.4. The van der Waals surface area contributed by atoms with Crippen molar-refractivity contribution in [2.24, 2.45) is 5.92 Å². The predicted octanol–water partition coefficient (Wildman–Crippen LogP) is 2.27. The first-order valence-corrected chi connectivity index (χ1v) is 19.3. The molecule has 2 aromatic carbocycles. The third-order valence-electron chi connectivity index (χ3n) is 10.9. The van der Waals surface area contributed by atoms with E-state index >= 15 is 0 Å². The summed E-state index contributed by atoms with van der Waals surface area (Å²) in [4.78, 5) is 100. The molecule has 4 N–H and O–H groups in total. The molecular formula is C40H51F2N7O8. The van der Waals surface area contributed by atoms with Crippen molar-refractivity contribution in [3.05, 3.63) is 65.2 Å². The molecule has 0 aromatic heterocycles. The van der Waals surface area contributed by atoms with Gasteiger partial charge in [0, 0.05) is 38.3 Å². The molecule has 308 valence electrons. The molecule has 3 aliphatic heterocycles.